The van der Waals surface area contributed by atoms with E-state index in [2.05, 4.69) is 35.4 Å². The third-order valence-electron chi connectivity index (χ3n) is 4.11. The Kier molecular flexibility index (Phi) is 6.19. The molecular formula is C20H21ClN4OS. The lowest BCUT2D eigenvalue weighted by atomic mass is 10.0. The Hall–Kier alpha value is -2.31. The van der Waals surface area contributed by atoms with Crippen LogP contribution >= 0.6 is 23.4 Å². The van der Waals surface area contributed by atoms with Crippen molar-refractivity contribution >= 4 is 35.0 Å². The topological polar surface area (TPSA) is 59.8 Å². The van der Waals surface area contributed by atoms with Gasteiger partial charge in [0.05, 0.1) is 5.75 Å². The summed E-state index contributed by atoms with van der Waals surface area (Å²) in [6.45, 7) is 4.26. The number of benzene rings is 2. The van der Waals surface area contributed by atoms with Crippen molar-refractivity contribution in [2.75, 3.05) is 11.1 Å². The lowest BCUT2D eigenvalue weighted by molar-refractivity contribution is -0.113. The fourth-order valence-electron chi connectivity index (χ4n) is 2.59. The molecule has 0 aliphatic rings. The molecular weight excluding hydrogens is 380 g/mol. The number of amides is 1. The number of nitrogens with zero attached hydrogens (tertiary/aromatic N) is 3. The minimum absolute atomic E-state index is 0.0723. The predicted molar refractivity (Wildman–Crippen MR) is 111 cm³/mol. The van der Waals surface area contributed by atoms with Gasteiger partial charge < -0.3 is 9.88 Å². The predicted octanol–water partition coefficient (Wildman–Crippen LogP) is 4.99. The van der Waals surface area contributed by atoms with Crippen LogP contribution in [0.1, 0.15) is 25.3 Å². The van der Waals surface area contributed by atoms with Gasteiger partial charge in [-0.25, -0.2) is 0 Å². The molecule has 3 aromatic rings. The van der Waals surface area contributed by atoms with Gasteiger partial charge in [0.2, 0.25) is 5.91 Å². The van der Waals surface area contributed by atoms with Gasteiger partial charge in [-0.3, -0.25) is 4.79 Å². The van der Waals surface area contributed by atoms with Gasteiger partial charge in [-0.15, -0.1) is 10.2 Å². The average Bonchev–Trinajstić information content (AvgIpc) is 3.01. The molecule has 0 radical (unpaired) electrons. The molecule has 1 aromatic heterocycles. The Labute approximate surface area is 168 Å². The molecule has 5 nitrogen and oxygen atoms in total. The maximum absolute atomic E-state index is 12.3. The van der Waals surface area contributed by atoms with Crippen LogP contribution in [0, 0.1) is 0 Å². The number of anilines is 1. The molecule has 2 aromatic carbocycles. The number of hydrogen-bond donors (Lipinski definition) is 1. The summed E-state index contributed by atoms with van der Waals surface area (Å²) in [5.41, 5.74) is 2.93. The fraction of sp³-hybridized carbons (Fsp3) is 0.250. The van der Waals surface area contributed by atoms with E-state index in [9.17, 15) is 4.79 Å². The second-order valence-corrected chi connectivity index (χ2v) is 7.87. The molecule has 140 valence electrons. The van der Waals surface area contributed by atoms with Gasteiger partial charge in [-0.05, 0) is 47.9 Å². The molecule has 0 saturated carbocycles. The molecule has 0 bridgehead atoms. The first-order valence-corrected chi connectivity index (χ1v) is 9.98. The fourth-order valence-corrected chi connectivity index (χ4v) is 3.43. The molecule has 1 N–H and O–H groups in total. The molecule has 0 fully saturated rings. The molecule has 1 amide bonds. The van der Waals surface area contributed by atoms with Gasteiger partial charge in [0.25, 0.3) is 0 Å². The highest BCUT2D eigenvalue weighted by Gasteiger charge is 2.13. The maximum atomic E-state index is 12.3. The number of nitrogens with one attached hydrogen (secondary N) is 1. The first kappa shape index (κ1) is 19.5. The van der Waals surface area contributed by atoms with Crippen LogP contribution in [0.5, 0.6) is 0 Å². The number of hydrogen-bond acceptors (Lipinski definition) is 4. The van der Waals surface area contributed by atoms with Crippen LogP contribution in [0.4, 0.5) is 5.69 Å². The lowest BCUT2D eigenvalue weighted by Crippen LogP contribution is -2.14. The molecule has 0 atom stereocenters. The SMILES string of the molecule is CC(C)c1cccc(NC(=O)CSc2nnc(-c3ccc(Cl)cc3)n2C)c1. The Morgan fingerprint density at radius 1 is 1.19 bits per heavy atom. The standard InChI is InChI=1S/C20H21ClN4OS/c1-13(2)15-5-4-6-17(11-15)22-18(26)12-27-20-24-23-19(25(20)3)14-7-9-16(21)10-8-14/h4-11,13H,12H2,1-3H3,(H,22,26). The van der Waals surface area contributed by atoms with Crippen molar-refractivity contribution in [1.82, 2.24) is 14.8 Å². The Morgan fingerprint density at radius 3 is 2.63 bits per heavy atom. The van der Waals surface area contributed by atoms with Crippen LogP contribution in [0.3, 0.4) is 0 Å². The minimum Gasteiger partial charge on any atom is -0.325 e. The monoisotopic (exact) mass is 400 g/mol. The summed E-state index contributed by atoms with van der Waals surface area (Å²) < 4.78 is 1.88. The zero-order chi connectivity index (χ0) is 19.4. The van der Waals surface area contributed by atoms with Crippen molar-refractivity contribution in [3.05, 3.63) is 59.1 Å². The van der Waals surface area contributed by atoms with Gasteiger partial charge in [-0.2, -0.15) is 0 Å². The normalized spacial score (nSPS) is 11.0. The number of thioether (sulfide) groups is 1. The summed E-state index contributed by atoms with van der Waals surface area (Å²) in [4.78, 5) is 12.3. The van der Waals surface area contributed by atoms with Gasteiger partial charge in [0.15, 0.2) is 11.0 Å². The summed E-state index contributed by atoms with van der Waals surface area (Å²) in [7, 11) is 1.89. The van der Waals surface area contributed by atoms with Crippen LogP contribution < -0.4 is 5.32 Å². The van der Waals surface area contributed by atoms with Crippen LogP contribution in [-0.4, -0.2) is 26.4 Å². The summed E-state index contributed by atoms with van der Waals surface area (Å²) in [6.07, 6.45) is 0. The summed E-state index contributed by atoms with van der Waals surface area (Å²) in [5.74, 6) is 1.34. The van der Waals surface area contributed by atoms with Crippen molar-refractivity contribution < 1.29 is 4.79 Å². The van der Waals surface area contributed by atoms with Crippen molar-refractivity contribution in [3.8, 4) is 11.4 Å². The summed E-state index contributed by atoms with van der Waals surface area (Å²) >= 11 is 7.29. The van der Waals surface area contributed by atoms with Crippen LogP contribution in [0.15, 0.2) is 53.7 Å². The van der Waals surface area contributed by atoms with E-state index in [1.54, 1.807) is 0 Å². The summed E-state index contributed by atoms with van der Waals surface area (Å²) in [6, 6.07) is 15.4. The van der Waals surface area contributed by atoms with Gasteiger partial charge in [0.1, 0.15) is 0 Å². The molecule has 27 heavy (non-hydrogen) atoms. The van der Waals surface area contributed by atoms with Crippen molar-refractivity contribution in [2.45, 2.75) is 24.9 Å². The highest BCUT2D eigenvalue weighted by atomic mass is 35.5. The van der Waals surface area contributed by atoms with Crippen molar-refractivity contribution in [2.24, 2.45) is 7.05 Å². The zero-order valence-corrected chi connectivity index (χ0v) is 17.0. The molecule has 7 heteroatoms. The van der Waals surface area contributed by atoms with E-state index in [1.807, 2.05) is 54.1 Å². The van der Waals surface area contributed by atoms with Crippen LogP contribution in [0.25, 0.3) is 11.4 Å². The molecule has 3 rings (SSSR count). The van der Waals surface area contributed by atoms with Gasteiger partial charge in [-0.1, -0.05) is 49.3 Å². The van der Waals surface area contributed by atoms with Crippen molar-refractivity contribution in [3.63, 3.8) is 0 Å². The Bertz CT molecular complexity index is 937. The molecule has 0 saturated heterocycles. The van der Waals surface area contributed by atoms with E-state index in [0.717, 1.165) is 17.1 Å². The number of carbonyl (C=O) groups is 1. The Morgan fingerprint density at radius 2 is 1.93 bits per heavy atom. The lowest BCUT2D eigenvalue weighted by Gasteiger charge is -2.09. The first-order valence-electron chi connectivity index (χ1n) is 8.62. The molecule has 0 aliphatic carbocycles. The van der Waals surface area contributed by atoms with Crippen LogP contribution in [0.2, 0.25) is 5.02 Å². The van der Waals surface area contributed by atoms with E-state index in [1.165, 1.54) is 17.3 Å². The highest BCUT2D eigenvalue weighted by Crippen LogP contribution is 2.24. The molecule has 0 aliphatic heterocycles. The second-order valence-electron chi connectivity index (χ2n) is 6.49. The third kappa shape index (κ3) is 4.90. The molecule has 1 heterocycles. The number of rotatable bonds is 6. The number of halogens is 1. The van der Waals surface area contributed by atoms with E-state index >= 15 is 0 Å². The largest absolute Gasteiger partial charge is 0.325 e. The highest BCUT2D eigenvalue weighted by molar-refractivity contribution is 7.99. The van der Waals surface area contributed by atoms with Crippen molar-refractivity contribution in [1.29, 1.82) is 0 Å². The number of carbonyl (C=O) groups excluding carboxylic acids is 1. The zero-order valence-electron chi connectivity index (χ0n) is 15.4. The third-order valence-corrected chi connectivity index (χ3v) is 5.38. The molecule has 0 unspecified atom stereocenters. The quantitative estimate of drug-likeness (QED) is 0.592. The minimum atomic E-state index is -0.0723. The average molecular weight is 401 g/mol. The molecule has 0 spiro atoms. The number of aromatic nitrogens is 3. The first-order chi connectivity index (χ1) is 12.9. The van der Waals surface area contributed by atoms with Crippen LogP contribution in [-0.2, 0) is 11.8 Å². The van der Waals surface area contributed by atoms with E-state index in [0.29, 0.717) is 16.1 Å². The van der Waals surface area contributed by atoms with Gasteiger partial charge >= 0.3 is 0 Å². The van der Waals surface area contributed by atoms with E-state index < -0.39 is 0 Å². The smallest absolute Gasteiger partial charge is 0.234 e. The van der Waals surface area contributed by atoms with E-state index in [4.69, 9.17) is 11.6 Å². The van der Waals surface area contributed by atoms with E-state index in [-0.39, 0.29) is 11.7 Å². The Balaban J connectivity index is 1.62. The summed E-state index contributed by atoms with van der Waals surface area (Å²) in [5, 5.41) is 12.7. The maximum Gasteiger partial charge on any atom is 0.234 e. The van der Waals surface area contributed by atoms with Gasteiger partial charge in [0, 0.05) is 23.3 Å². The second kappa shape index (κ2) is 8.59.